The van der Waals surface area contributed by atoms with Crippen LogP contribution in [0.15, 0.2) is 47.2 Å². The summed E-state index contributed by atoms with van der Waals surface area (Å²) in [6, 6.07) is 4.55. The van der Waals surface area contributed by atoms with Crippen molar-refractivity contribution in [2.75, 3.05) is 19.7 Å². The number of halogens is 3. The zero-order valence-electron chi connectivity index (χ0n) is 21.1. The van der Waals surface area contributed by atoms with Crippen molar-refractivity contribution in [1.82, 2.24) is 5.32 Å². The van der Waals surface area contributed by atoms with Crippen LogP contribution in [0.25, 0.3) is 0 Å². The summed E-state index contributed by atoms with van der Waals surface area (Å²) in [4.78, 5) is 16.2. The van der Waals surface area contributed by atoms with Crippen LogP contribution in [0.3, 0.4) is 0 Å². The highest BCUT2D eigenvalue weighted by Gasteiger charge is 2.36. The summed E-state index contributed by atoms with van der Waals surface area (Å²) in [5.41, 5.74) is 1.62. The van der Waals surface area contributed by atoms with Gasteiger partial charge >= 0.3 is 12.1 Å². The molecule has 0 heterocycles. The van der Waals surface area contributed by atoms with E-state index in [2.05, 4.69) is 29.5 Å². The lowest BCUT2D eigenvalue weighted by atomic mass is 9.81. The molecule has 1 aromatic carbocycles. The number of nitrogens with one attached hydrogen (secondary N) is 1. The number of carbonyl (C=O) groups is 1. The Kier molecular flexibility index (Phi) is 10.2. The molecule has 198 valence electrons. The Bertz CT molecular complexity index is 979. The molecule has 0 aromatic heterocycles. The molecule has 36 heavy (non-hydrogen) atoms. The molecule has 1 aromatic rings. The van der Waals surface area contributed by atoms with Gasteiger partial charge in [-0.1, -0.05) is 61.7 Å². The van der Waals surface area contributed by atoms with E-state index in [1.807, 2.05) is 6.08 Å². The highest BCUT2D eigenvalue weighted by Crippen LogP contribution is 2.41. The first-order chi connectivity index (χ1) is 17.2. The Morgan fingerprint density at radius 1 is 1.19 bits per heavy atom. The van der Waals surface area contributed by atoms with Gasteiger partial charge in [-0.2, -0.15) is 13.2 Å². The molecule has 2 aliphatic rings. The zero-order valence-corrected chi connectivity index (χ0v) is 21.1. The average Bonchev–Trinajstić information content (AvgIpc) is 2.86. The second kappa shape index (κ2) is 13.1. The lowest BCUT2D eigenvalue weighted by Gasteiger charge is -2.25. The van der Waals surface area contributed by atoms with E-state index in [1.54, 1.807) is 19.1 Å². The number of nitrogens with zero attached hydrogens (tertiary/aromatic N) is 1. The smallest absolute Gasteiger partial charge is 0.416 e. The molecular weight excluding hydrogens is 469 g/mol. The summed E-state index contributed by atoms with van der Waals surface area (Å²) in [6.45, 7) is 5.12. The summed E-state index contributed by atoms with van der Waals surface area (Å²) < 4.78 is 41.6. The van der Waals surface area contributed by atoms with E-state index < -0.39 is 17.7 Å². The fourth-order valence-electron chi connectivity index (χ4n) is 5.10. The molecule has 0 aliphatic heterocycles. The van der Waals surface area contributed by atoms with Gasteiger partial charge in [0.25, 0.3) is 0 Å². The van der Waals surface area contributed by atoms with Gasteiger partial charge in [0.15, 0.2) is 0 Å². The van der Waals surface area contributed by atoms with Crippen molar-refractivity contribution >= 4 is 11.7 Å². The van der Waals surface area contributed by atoms with Crippen LogP contribution in [0.2, 0.25) is 0 Å². The first-order valence-corrected chi connectivity index (χ1v) is 12.9. The van der Waals surface area contributed by atoms with Gasteiger partial charge in [-0.05, 0) is 66.7 Å². The maximum Gasteiger partial charge on any atom is 0.416 e. The van der Waals surface area contributed by atoms with Crippen molar-refractivity contribution in [3.05, 3.63) is 58.7 Å². The Balaban J connectivity index is 1.61. The quantitative estimate of drug-likeness (QED) is 0.199. The van der Waals surface area contributed by atoms with Crippen LogP contribution in [0.1, 0.15) is 81.4 Å². The van der Waals surface area contributed by atoms with Gasteiger partial charge in [-0.15, -0.1) is 0 Å². The normalized spacial score (nSPS) is 21.4. The number of hydrogen-bond acceptors (Lipinski definition) is 4. The van der Waals surface area contributed by atoms with Crippen molar-refractivity contribution in [1.29, 1.82) is 0 Å². The second-order valence-electron chi connectivity index (χ2n) is 9.77. The third-order valence-electron chi connectivity index (χ3n) is 7.16. The minimum atomic E-state index is -4.41. The van der Waals surface area contributed by atoms with Gasteiger partial charge in [-0.25, -0.2) is 0 Å². The van der Waals surface area contributed by atoms with Gasteiger partial charge < -0.3 is 15.3 Å². The number of oxime groups is 1. The molecule has 0 amide bonds. The lowest BCUT2D eigenvalue weighted by molar-refractivity contribution is -0.138. The number of carboxylic acid groups (broad SMARTS) is 1. The SMILES string of the molecule is CCC1C=C(CO/N=C(\C)c2ccc(C3CCCCC3)c(C(F)(F)F)c2)C=CC1CNCCC(=O)O. The van der Waals surface area contributed by atoms with Gasteiger partial charge in [-0.3, -0.25) is 4.79 Å². The third kappa shape index (κ3) is 7.95. The molecule has 0 spiro atoms. The molecule has 2 unspecified atom stereocenters. The number of hydrogen-bond donors (Lipinski definition) is 2. The Morgan fingerprint density at radius 2 is 1.94 bits per heavy atom. The van der Waals surface area contributed by atoms with Crippen LogP contribution in [0.5, 0.6) is 0 Å². The number of benzene rings is 1. The van der Waals surface area contributed by atoms with E-state index in [1.165, 1.54) is 6.07 Å². The molecule has 1 fully saturated rings. The van der Waals surface area contributed by atoms with Crippen LogP contribution in [0, 0.1) is 11.8 Å². The fraction of sp³-hybridized carbons (Fsp3) is 0.571. The average molecular weight is 507 g/mol. The highest BCUT2D eigenvalue weighted by molar-refractivity contribution is 5.98. The Labute approximate surface area is 211 Å². The van der Waals surface area contributed by atoms with Gasteiger partial charge in [0.05, 0.1) is 17.7 Å². The van der Waals surface area contributed by atoms with E-state index in [4.69, 9.17) is 9.94 Å². The summed E-state index contributed by atoms with van der Waals surface area (Å²) >= 11 is 0. The molecule has 0 bridgehead atoms. The van der Waals surface area contributed by atoms with Gasteiger partial charge in [0.1, 0.15) is 6.61 Å². The molecular formula is C28H37F3N2O3. The predicted octanol–water partition coefficient (Wildman–Crippen LogP) is 6.70. The summed E-state index contributed by atoms with van der Waals surface area (Å²) in [5.74, 6) is -0.303. The van der Waals surface area contributed by atoms with Crippen molar-refractivity contribution < 1.29 is 27.9 Å². The number of alkyl halides is 3. The van der Waals surface area contributed by atoms with Crippen molar-refractivity contribution in [3.8, 4) is 0 Å². The van der Waals surface area contributed by atoms with Crippen LogP contribution in [-0.2, 0) is 15.8 Å². The predicted molar refractivity (Wildman–Crippen MR) is 135 cm³/mol. The minimum absolute atomic E-state index is 0.0364. The molecule has 2 atom stereocenters. The first kappa shape index (κ1) is 28.0. The molecule has 8 heteroatoms. The lowest BCUT2D eigenvalue weighted by Crippen LogP contribution is -2.29. The Morgan fingerprint density at radius 3 is 2.61 bits per heavy atom. The Hall–Kier alpha value is -2.61. The maximum absolute atomic E-state index is 13.9. The fourth-order valence-corrected chi connectivity index (χ4v) is 5.10. The van der Waals surface area contributed by atoms with Crippen LogP contribution in [-0.4, -0.2) is 36.5 Å². The monoisotopic (exact) mass is 506 g/mol. The third-order valence-corrected chi connectivity index (χ3v) is 7.16. The van der Waals surface area contributed by atoms with Crippen molar-refractivity contribution in [3.63, 3.8) is 0 Å². The molecule has 5 nitrogen and oxygen atoms in total. The zero-order chi connectivity index (χ0) is 26.1. The topological polar surface area (TPSA) is 70.9 Å². The standard InChI is InChI=1S/C28H37F3N2O3/c1-3-21-15-20(9-10-24(21)17-32-14-13-27(34)35)18-36-33-19(2)23-11-12-25(22-7-5-4-6-8-22)26(16-23)28(29,30)31/h9-12,15-16,21-22,24,32H,3-8,13-14,17-18H2,1-2H3,(H,34,35)/b33-19+. The van der Waals surface area contributed by atoms with Gasteiger partial charge in [0, 0.05) is 13.1 Å². The van der Waals surface area contributed by atoms with E-state index in [9.17, 15) is 18.0 Å². The van der Waals surface area contributed by atoms with Crippen LogP contribution in [0.4, 0.5) is 13.2 Å². The summed E-state index contributed by atoms with van der Waals surface area (Å²) in [7, 11) is 0. The number of carboxylic acids is 1. The number of rotatable bonds is 11. The number of allylic oxidation sites excluding steroid dienone is 1. The first-order valence-electron chi connectivity index (χ1n) is 12.9. The molecule has 3 rings (SSSR count). The summed E-state index contributed by atoms with van der Waals surface area (Å²) in [6.07, 6.45) is 7.46. The van der Waals surface area contributed by atoms with Crippen LogP contribution >= 0.6 is 0 Å². The second-order valence-corrected chi connectivity index (χ2v) is 9.77. The molecule has 0 radical (unpaired) electrons. The summed E-state index contributed by atoms with van der Waals surface area (Å²) in [5, 5.41) is 16.0. The molecule has 0 saturated heterocycles. The highest BCUT2D eigenvalue weighted by atomic mass is 19.4. The van der Waals surface area contributed by atoms with E-state index in [0.717, 1.165) is 44.1 Å². The van der Waals surface area contributed by atoms with E-state index in [-0.39, 0.29) is 30.8 Å². The van der Waals surface area contributed by atoms with Crippen molar-refractivity contribution in [2.45, 2.75) is 70.9 Å². The van der Waals surface area contributed by atoms with E-state index >= 15 is 0 Å². The minimum Gasteiger partial charge on any atom is -0.481 e. The largest absolute Gasteiger partial charge is 0.481 e. The van der Waals surface area contributed by atoms with E-state index in [0.29, 0.717) is 29.9 Å². The van der Waals surface area contributed by atoms with Gasteiger partial charge in [0.2, 0.25) is 0 Å². The molecule has 1 saturated carbocycles. The molecule has 2 aliphatic carbocycles. The molecule has 2 N–H and O–H groups in total. The maximum atomic E-state index is 13.9. The number of aliphatic carboxylic acids is 1. The van der Waals surface area contributed by atoms with Crippen molar-refractivity contribution in [2.24, 2.45) is 17.0 Å². The van der Waals surface area contributed by atoms with Crippen LogP contribution < -0.4 is 5.32 Å².